The summed E-state index contributed by atoms with van der Waals surface area (Å²) in [7, 11) is 3.76. The van der Waals surface area contributed by atoms with Crippen molar-refractivity contribution >= 4 is 11.6 Å². The molecule has 0 spiro atoms. The molecule has 1 heterocycles. The van der Waals surface area contributed by atoms with E-state index in [0.29, 0.717) is 18.0 Å². The van der Waals surface area contributed by atoms with Gasteiger partial charge in [-0.25, -0.2) is 0 Å². The lowest BCUT2D eigenvalue weighted by molar-refractivity contribution is 0.0498. The van der Waals surface area contributed by atoms with Gasteiger partial charge in [-0.15, -0.1) is 0 Å². The van der Waals surface area contributed by atoms with Gasteiger partial charge in [0.15, 0.2) is 11.5 Å². The fourth-order valence-electron chi connectivity index (χ4n) is 3.67. The number of nitrogens with one attached hydrogen (secondary N) is 1. The smallest absolute Gasteiger partial charge is 0.161 e. The predicted molar refractivity (Wildman–Crippen MR) is 125 cm³/mol. The van der Waals surface area contributed by atoms with Crippen LogP contribution >= 0.6 is 11.6 Å². The quantitative estimate of drug-likeness (QED) is 0.516. The van der Waals surface area contributed by atoms with Crippen molar-refractivity contribution in [1.82, 2.24) is 15.1 Å². The fourth-order valence-corrected chi connectivity index (χ4v) is 3.88. The molecular formula is C24H34ClN3O3. The Labute approximate surface area is 190 Å². The number of β-amino-alcohol motifs (C(OH)–C–C–N with tert-alkyl or cyclic N) is 1. The summed E-state index contributed by atoms with van der Waals surface area (Å²) < 4.78 is 11.4. The molecule has 2 N–H and O–H groups in total. The van der Waals surface area contributed by atoms with E-state index in [1.54, 1.807) is 7.11 Å². The van der Waals surface area contributed by atoms with E-state index in [9.17, 15) is 5.11 Å². The van der Waals surface area contributed by atoms with Gasteiger partial charge in [0.25, 0.3) is 0 Å². The number of methoxy groups -OCH3 is 1. The van der Waals surface area contributed by atoms with Crippen LogP contribution in [0.1, 0.15) is 11.1 Å². The van der Waals surface area contributed by atoms with Crippen LogP contribution in [-0.2, 0) is 13.0 Å². The maximum atomic E-state index is 10.4. The maximum Gasteiger partial charge on any atom is 0.161 e. The van der Waals surface area contributed by atoms with E-state index in [2.05, 4.69) is 28.2 Å². The van der Waals surface area contributed by atoms with Crippen molar-refractivity contribution in [2.75, 3.05) is 60.0 Å². The third-order valence-electron chi connectivity index (χ3n) is 5.53. The number of benzene rings is 2. The van der Waals surface area contributed by atoms with Crippen molar-refractivity contribution in [2.24, 2.45) is 0 Å². The van der Waals surface area contributed by atoms with Crippen molar-refractivity contribution < 1.29 is 14.6 Å². The number of aliphatic hydroxyl groups excluding tert-OH is 1. The molecule has 1 unspecified atom stereocenters. The van der Waals surface area contributed by atoms with Gasteiger partial charge in [-0.2, -0.15) is 0 Å². The summed E-state index contributed by atoms with van der Waals surface area (Å²) in [5.41, 5.74) is 2.32. The Bertz CT molecular complexity index is 812. The first-order valence-electron chi connectivity index (χ1n) is 10.9. The van der Waals surface area contributed by atoms with E-state index in [1.807, 2.05) is 36.4 Å². The van der Waals surface area contributed by atoms with Gasteiger partial charge >= 0.3 is 0 Å². The fraction of sp³-hybridized carbons (Fsp3) is 0.500. The topological polar surface area (TPSA) is 57.2 Å². The van der Waals surface area contributed by atoms with E-state index < -0.39 is 6.10 Å². The third-order valence-corrected chi connectivity index (χ3v) is 5.77. The average Bonchev–Trinajstić information content (AvgIpc) is 2.77. The first kappa shape index (κ1) is 23.8. The Morgan fingerprint density at radius 3 is 2.61 bits per heavy atom. The first-order valence-corrected chi connectivity index (χ1v) is 11.2. The van der Waals surface area contributed by atoms with Crippen LogP contribution in [0, 0.1) is 0 Å². The zero-order valence-electron chi connectivity index (χ0n) is 18.5. The molecule has 0 saturated carbocycles. The van der Waals surface area contributed by atoms with Crippen LogP contribution < -0.4 is 14.8 Å². The Balaban J connectivity index is 1.45. The summed E-state index contributed by atoms with van der Waals surface area (Å²) in [4.78, 5) is 4.59. The SMILES string of the molecule is COc1ccc(CNCCc2cccc(Cl)c2)cc1OCC(O)CN1CCN(C)CC1. The summed E-state index contributed by atoms with van der Waals surface area (Å²) >= 11 is 6.04. The van der Waals surface area contributed by atoms with Crippen molar-refractivity contribution in [3.63, 3.8) is 0 Å². The number of hydrogen-bond acceptors (Lipinski definition) is 6. The molecule has 1 aliphatic rings. The second-order valence-electron chi connectivity index (χ2n) is 8.11. The highest BCUT2D eigenvalue weighted by atomic mass is 35.5. The molecule has 3 rings (SSSR count). The molecule has 0 amide bonds. The molecule has 0 radical (unpaired) electrons. The van der Waals surface area contributed by atoms with Crippen molar-refractivity contribution in [1.29, 1.82) is 0 Å². The van der Waals surface area contributed by atoms with Crippen LogP contribution in [0.15, 0.2) is 42.5 Å². The van der Waals surface area contributed by atoms with Crippen molar-refractivity contribution in [3.05, 3.63) is 58.6 Å². The van der Waals surface area contributed by atoms with Gasteiger partial charge in [0.05, 0.1) is 7.11 Å². The van der Waals surface area contributed by atoms with E-state index in [0.717, 1.165) is 56.3 Å². The largest absolute Gasteiger partial charge is 0.493 e. The second kappa shape index (κ2) is 12.3. The van der Waals surface area contributed by atoms with Crippen LogP contribution in [0.3, 0.4) is 0 Å². The van der Waals surface area contributed by atoms with Gasteiger partial charge in [0, 0.05) is 44.3 Å². The number of aliphatic hydroxyl groups is 1. The van der Waals surface area contributed by atoms with Gasteiger partial charge in [-0.05, 0) is 55.4 Å². The van der Waals surface area contributed by atoms with E-state index in [-0.39, 0.29) is 6.61 Å². The number of halogens is 1. The molecule has 2 aromatic carbocycles. The van der Waals surface area contributed by atoms with Gasteiger partial charge in [-0.1, -0.05) is 29.8 Å². The van der Waals surface area contributed by atoms with E-state index in [1.165, 1.54) is 5.56 Å². The third kappa shape index (κ3) is 7.98. The van der Waals surface area contributed by atoms with Gasteiger partial charge in [0.2, 0.25) is 0 Å². The minimum absolute atomic E-state index is 0.244. The first-order chi connectivity index (χ1) is 15.0. The lowest BCUT2D eigenvalue weighted by atomic mass is 10.1. The minimum atomic E-state index is -0.535. The number of nitrogens with zero attached hydrogens (tertiary/aromatic N) is 2. The average molecular weight is 448 g/mol. The van der Waals surface area contributed by atoms with Crippen LogP contribution in [-0.4, -0.2) is 81.0 Å². The van der Waals surface area contributed by atoms with Crippen molar-refractivity contribution in [3.8, 4) is 11.5 Å². The standard InChI is InChI=1S/C24H34ClN3O3/c1-27-10-12-28(13-11-27)17-22(29)18-31-24-15-20(6-7-23(24)30-2)16-26-9-8-19-4-3-5-21(25)14-19/h3-7,14-15,22,26,29H,8-13,16-18H2,1-2H3. The molecule has 7 heteroatoms. The molecule has 170 valence electrons. The normalized spacial score (nSPS) is 16.3. The number of ether oxygens (including phenoxy) is 2. The minimum Gasteiger partial charge on any atom is -0.493 e. The Morgan fingerprint density at radius 2 is 1.87 bits per heavy atom. The Morgan fingerprint density at radius 1 is 1.06 bits per heavy atom. The summed E-state index contributed by atoms with van der Waals surface area (Å²) in [5, 5.41) is 14.6. The van der Waals surface area contributed by atoms with Crippen LogP contribution in [0.4, 0.5) is 0 Å². The molecule has 1 fully saturated rings. The summed E-state index contributed by atoms with van der Waals surface area (Å²) in [6, 6.07) is 13.9. The predicted octanol–water partition coefficient (Wildman–Crippen LogP) is 2.67. The lowest BCUT2D eigenvalue weighted by Gasteiger charge is -2.33. The second-order valence-corrected chi connectivity index (χ2v) is 8.55. The van der Waals surface area contributed by atoms with Gasteiger partial charge in [-0.3, -0.25) is 4.90 Å². The lowest BCUT2D eigenvalue weighted by Crippen LogP contribution is -2.47. The summed E-state index contributed by atoms with van der Waals surface area (Å²) in [6.07, 6.45) is 0.381. The van der Waals surface area contributed by atoms with Gasteiger partial charge in [0.1, 0.15) is 12.7 Å². The molecule has 6 nitrogen and oxygen atoms in total. The zero-order chi connectivity index (χ0) is 22.1. The van der Waals surface area contributed by atoms with Crippen molar-refractivity contribution in [2.45, 2.75) is 19.1 Å². The molecule has 0 aliphatic carbocycles. The molecule has 2 aromatic rings. The van der Waals surface area contributed by atoms with Crippen LogP contribution in [0.5, 0.6) is 11.5 Å². The summed E-state index contributed by atoms with van der Waals surface area (Å²) in [5.74, 6) is 1.34. The van der Waals surface area contributed by atoms with Crippen LogP contribution in [0.25, 0.3) is 0 Å². The van der Waals surface area contributed by atoms with Gasteiger partial charge < -0.3 is 24.8 Å². The maximum absolute atomic E-state index is 10.4. The summed E-state index contributed by atoms with van der Waals surface area (Å²) in [6.45, 7) is 6.48. The Kier molecular flexibility index (Phi) is 9.43. The molecule has 0 aromatic heterocycles. The Hall–Kier alpha value is -1.83. The monoisotopic (exact) mass is 447 g/mol. The highest BCUT2D eigenvalue weighted by Gasteiger charge is 2.18. The van der Waals surface area contributed by atoms with E-state index >= 15 is 0 Å². The molecule has 1 saturated heterocycles. The highest BCUT2D eigenvalue weighted by molar-refractivity contribution is 6.30. The van der Waals surface area contributed by atoms with E-state index in [4.69, 9.17) is 21.1 Å². The highest BCUT2D eigenvalue weighted by Crippen LogP contribution is 2.28. The molecule has 1 aliphatic heterocycles. The van der Waals surface area contributed by atoms with Crippen LogP contribution in [0.2, 0.25) is 5.02 Å². The molecular weight excluding hydrogens is 414 g/mol. The molecule has 1 atom stereocenters. The molecule has 0 bridgehead atoms. The number of piperazine rings is 1. The molecule has 31 heavy (non-hydrogen) atoms. The number of rotatable bonds is 11. The number of likely N-dealkylation sites (N-methyl/N-ethyl adjacent to an activating group) is 1. The zero-order valence-corrected chi connectivity index (χ0v) is 19.3. The number of hydrogen-bond donors (Lipinski definition) is 2.